The van der Waals surface area contributed by atoms with Crippen molar-refractivity contribution in [3.8, 4) is 0 Å². The molecule has 110 valence electrons. The van der Waals surface area contributed by atoms with Crippen molar-refractivity contribution in [1.29, 1.82) is 0 Å². The Labute approximate surface area is 125 Å². The number of nitrogen functional groups attached to an aromatic ring is 1. The van der Waals surface area contributed by atoms with E-state index in [4.69, 9.17) is 11.5 Å². The summed E-state index contributed by atoms with van der Waals surface area (Å²) in [7, 11) is 0. The van der Waals surface area contributed by atoms with Gasteiger partial charge in [-0.3, -0.25) is 4.79 Å². The summed E-state index contributed by atoms with van der Waals surface area (Å²) in [6.07, 6.45) is 1.97. The molecule has 0 aliphatic carbocycles. The van der Waals surface area contributed by atoms with Crippen LogP contribution in [0, 0.1) is 0 Å². The molecule has 0 aromatic heterocycles. The highest BCUT2D eigenvalue weighted by Gasteiger charge is 2.11. The summed E-state index contributed by atoms with van der Waals surface area (Å²) in [5.74, 6) is -0.506. The smallest absolute Gasteiger partial charge is 0.250 e. The van der Waals surface area contributed by atoms with Crippen LogP contribution >= 0.6 is 0 Å². The van der Waals surface area contributed by atoms with Crippen LogP contribution in [0.5, 0.6) is 0 Å². The van der Waals surface area contributed by atoms with Gasteiger partial charge in [0.1, 0.15) is 0 Å². The Morgan fingerprint density at radius 1 is 1.14 bits per heavy atom. The van der Waals surface area contributed by atoms with Gasteiger partial charge in [0.25, 0.3) is 5.91 Å². The Hall–Kier alpha value is -2.49. The normalized spacial score (nSPS) is 11.9. The van der Waals surface area contributed by atoms with Crippen LogP contribution in [0.1, 0.15) is 29.3 Å². The molecule has 1 amide bonds. The molecule has 0 heterocycles. The van der Waals surface area contributed by atoms with Gasteiger partial charge < -0.3 is 16.8 Å². The number of benzene rings is 2. The van der Waals surface area contributed by atoms with Crippen molar-refractivity contribution in [3.05, 3.63) is 59.7 Å². The van der Waals surface area contributed by atoms with Crippen molar-refractivity contribution in [2.75, 3.05) is 11.1 Å². The first-order valence-corrected chi connectivity index (χ1v) is 7.06. The van der Waals surface area contributed by atoms with E-state index in [-0.39, 0.29) is 6.04 Å². The van der Waals surface area contributed by atoms with Crippen LogP contribution in [0.3, 0.4) is 0 Å². The largest absolute Gasteiger partial charge is 0.396 e. The van der Waals surface area contributed by atoms with Gasteiger partial charge in [0.05, 0.1) is 16.9 Å². The summed E-state index contributed by atoms with van der Waals surface area (Å²) in [6, 6.07) is 15.9. The van der Waals surface area contributed by atoms with E-state index < -0.39 is 5.91 Å². The minimum Gasteiger partial charge on any atom is -0.396 e. The van der Waals surface area contributed by atoms with E-state index in [1.165, 1.54) is 5.56 Å². The summed E-state index contributed by atoms with van der Waals surface area (Å²) >= 11 is 0. The number of nitrogens with two attached hydrogens (primary N) is 2. The van der Waals surface area contributed by atoms with E-state index in [0.29, 0.717) is 11.3 Å². The predicted molar refractivity (Wildman–Crippen MR) is 87.2 cm³/mol. The zero-order valence-corrected chi connectivity index (χ0v) is 12.2. The lowest BCUT2D eigenvalue weighted by Gasteiger charge is -2.18. The summed E-state index contributed by atoms with van der Waals surface area (Å²) < 4.78 is 0. The summed E-state index contributed by atoms with van der Waals surface area (Å²) in [6.45, 7) is 2.10. The molecule has 1 atom stereocenters. The lowest BCUT2D eigenvalue weighted by Crippen LogP contribution is -2.19. The molecule has 2 aromatic rings. The number of carbonyl (C=O) groups excluding carboxylic acids is 1. The van der Waals surface area contributed by atoms with Crippen molar-refractivity contribution < 1.29 is 4.79 Å². The molecule has 0 aliphatic rings. The number of hydrogen-bond donors (Lipinski definition) is 3. The Kier molecular flexibility index (Phi) is 4.82. The second kappa shape index (κ2) is 6.79. The molecule has 0 saturated carbocycles. The van der Waals surface area contributed by atoms with Gasteiger partial charge >= 0.3 is 0 Å². The van der Waals surface area contributed by atoms with Gasteiger partial charge in [-0.15, -0.1) is 0 Å². The Bertz CT molecular complexity index is 611. The van der Waals surface area contributed by atoms with Crippen LogP contribution in [0.25, 0.3) is 0 Å². The van der Waals surface area contributed by atoms with Crippen LogP contribution < -0.4 is 16.8 Å². The van der Waals surface area contributed by atoms with Gasteiger partial charge in [-0.1, -0.05) is 36.4 Å². The monoisotopic (exact) mass is 283 g/mol. The molecule has 0 saturated heterocycles. The first-order chi connectivity index (χ1) is 10.1. The van der Waals surface area contributed by atoms with E-state index in [9.17, 15) is 4.79 Å². The molecule has 4 nitrogen and oxygen atoms in total. The molecule has 0 radical (unpaired) electrons. The van der Waals surface area contributed by atoms with Crippen molar-refractivity contribution >= 4 is 17.3 Å². The van der Waals surface area contributed by atoms with E-state index in [1.54, 1.807) is 12.1 Å². The van der Waals surface area contributed by atoms with Gasteiger partial charge in [-0.05, 0) is 37.5 Å². The predicted octanol–water partition coefficient (Wildman–Crippen LogP) is 2.80. The van der Waals surface area contributed by atoms with Crippen molar-refractivity contribution in [2.45, 2.75) is 25.8 Å². The number of primary amides is 1. The van der Waals surface area contributed by atoms with Gasteiger partial charge in [-0.25, -0.2) is 0 Å². The highest BCUT2D eigenvalue weighted by molar-refractivity contribution is 6.00. The van der Waals surface area contributed by atoms with Crippen LogP contribution in [0.4, 0.5) is 11.4 Å². The highest BCUT2D eigenvalue weighted by Crippen LogP contribution is 2.23. The maximum atomic E-state index is 11.3. The lowest BCUT2D eigenvalue weighted by molar-refractivity contribution is 0.100. The Balaban J connectivity index is 1.98. The topological polar surface area (TPSA) is 81.1 Å². The second-order valence-corrected chi connectivity index (χ2v) is 5.20. The number of nitrogens with one attached hydrogen (secondary N) is 1. The minimum atomic E-state index is -0.506. The molecular formula is C17H21N3O. The number of para-hydroxylation sites is 1. The maximum absolute atomic E-state index is 11.3. The zero-order valence-electron chi connectivity index (χ0n) is 12.2. The zero-order chi connectivity index (χ0) is 15.2. The third kappa shape index (κ3) is 3.99. The molecule has 0 spiro atoms. The van der Waals surface area contributed by atoms with E-state index >= 15 is 0 Å². The number of anilines is 2. The van der Waals surface area contributed by atoms with Gasteiger partial charge in [-0.2, -0.15) is 0 Å². The average Bonchev–Trinajstić information content (AvgIpc) is 2.48. The van der Waals surface area contributed by atoms with Gasteiger partial charge in [0.2, 0.25) is 0 Å². The molecule has 4 heteroatoms. The molecule has 1 unspecified atom stereocenters. The number of hydrogen-bond acceptors (Lipinski definition) is 3. The average molecular weight is 283 g/mol. The molecule has 2 rings (SSSR count). The van der Waals surface area contributed by atoms with E-state index in [0.717, 1.165) is 18.5 Å². The number of rotatable bonds is 6. The van der Waals surface area contributed by atoms with Crippen LogP contribution in [0.2, 0.25) is 0 Å². The molecule has 5 N–H and O–H groups in total. The fourth-order valence-corrected chi connectivity index (χ4v) is 2.27. The van der Waals surface area contributed by atoms with E-state index in [1.807, 2.05) is 24.3 Å². The van der Waals surface area contributed by atoms with Crippen LogP contribution in [-0.2, 0) is 6.42 Å². The summed E-state index contributed by atoms with van der Waals surface area (Å²) in [4.78, 5) is 11.3. The quantitative estimate of drug-likeness (QED) is 0.713. The number of amides is 1. The molecule has 21 heavy (non-hydrogen) atoms. The number of aryl methyl sites for hydroxylation is 1. The van der Waals surface area contributed by atoms with Crippen molar-refractivity contribution in [3.63, 3.8) is 0 Å². The lowest BCUT2D eigenvalue weighted by atomic mass is 10.1. The third-order valence-corrected chi connectivity index (χ3v) is 3.48. The Morgan fingerprint density at radius 3 is 2.52 bits per heavy atom. The molecule has 2 aromatic carbocycles. The number of carbonyl (C=O) groups is 1. The SMILES string of the molecule is CC(CCc1ccccc1)Nc1cccc(C(N)=O)c1N. The first-order valence-electron chi connectivity index (χ1n) is 7.06. The van der Waals surface area contributed by atoms with E-state index in [2.05, 4.69) is 24.4 Å². The third-order valence-electron chi connectivity index (χ3n) is 3.48. The first kappa shape index (κ1) is 14.9. The molecule has 0 aliphatic heterocycles. The minimum absolute atomic E-state index is 0.246. The summed E-state index contributed by atoms with van der Waals surface area (Å²) in [5, 5.41) is 3.34. The fraction of sp³-hybridized carbons (Fsp3) is 0.235. The molecule has 0 fully saturated rings. The second-order valence-electron chi connectivity index (χ2n) is 5.20. The fourth-order valence-electron chi connectivity index (χ4n) is 2.27. The molecular weight excluding hydrogens is 262 g/mol. The van der Waals surface area contributed by atoms with Gasteiger partial charge in [0.15, 0.2) is 0 Å². The van der Waals surface area contributed by atoms with Crippen LogP contribution in [0.15, 0.2) is 48.5 Å². The van der Waals surface area contributed by atoms with Gasteiger partial charge in [0, 0.05) is 6.04 Å². The highest BCUT2D eigenvalue weighted by atomic mass is 16.1. The molecule has 0 bridgehead atoms. The summed E-state index contributed by atoms with van der Waals surface area (Å²) in [5.41, 5.74) is 14.1. The maximum Gasteiger partial charge on any atom is 0.250 e. The standard InChI is InChI=1S/C17H21N3O/c1-12(10-11-13-6-3-2-4-7-13)20-15-9-5-8-14(16(15)18)17(19)21/h2-9,12,20H,10-11,18H2,1H3,(H2,19,21). The van der Waals surface area contributed by atoms with Crippen LogP contribution in [-0.4, -0.2) is 11.9 Å². The van der Waals surface area contributed by atoms with Crippen molar-refractivity contribution in [1.82, 2.24) is 0 Å². The Morgan fingerprint density at radius 2 is 1.86 bits per heavy atom. The van der Waals surface area contributed by atoms with Crippen molar-refractivity contribution in [2.24, 2.45) is 5.73 Å².